The normalized spacial score (nSPS) is 12.2. The van der Waals surface area contributed by atoms with Crippen LogP contribution in [-0.2, 0) is 17.8 Å². The topological polar surface area (TPSA) is 59.8 Å². The molecule has 3 aromatic rings. The molecule has 1 atom stereocenters. The fraction of sp³-hybridized carbons (Fsp3) is 0.214. The first kappa shape index (κ1) is 14.0. The molecule has 0 unspecified atom stereocenters. The van der Waals surface area contributed by atoms with Crippen molar-refractivity contribution in [3.63, 3.8) is 0 Å². The summed E-state index contributed by atoms with van der Waals surface area (Å²) in [5, 5.41) is 12.0. The lowest BCUT2D eigenvalue weighted by atomic mass is 10.2. The van der Waals surface area contributed by atoms with Crippen LogP contribution in [0.3, 0.4) is 0 Å². The zero-order valence-corrected chi connectivity index (χ0v) is 12.8. The minimum atomic E-state index is -0.0910. The van der Waals surface area contributed by atoms with Gasteiger partial charge in [0.1, 0.15) is 11.6 Å². The van der Waals surface area contributed by atoms with Crippen LogP contribution >= 0.6 is 22.7 Å². The van der Waals surface area contributed by atoms with Crippen molar-refractivity contribution in [3.8, 4) is 0 Å². The van der Waals surface area contributed by atoms with Crippen LogP contribution in [0.25, 0.3) is 0 Å². The summed E-state index contributed by atoms with van der Waals surface area (Å²) in [5.41, 5.74) is 0. The van der Waals surface area contributed by atoms with E-state index in [9.17, 15) is 4.79 Å². The third kappa shape index (κ3) is 3.77. The van der Waals surface area contributed by atoms with Gasteiger partial charge in [0.2, 0.25) is 5.91 Å². The monoisotopic (exact) mass is 318 g/mol. The van der Waals surface area contributed by atoms with Crippen LogP contribution in [0, 0.1) is 0 Å². The predicted octanol–water partition coefficient (Wildman–Crippen LogP) is 2.50. The van der Waals surface area contributed by atoms with Gasteiger partial charge in [-0.05, 0) is 17.5 Å². The van der Waals surface area contributed by atoms with E-state index in [0.29, 0.717) is 0 Å². The van der Waals surface area contributed by atoms with E-state index < -0.39 is 0 Å². The lowest BCUT2D eigenvalue weighted by molar-refractivity contribution is -0.122. The Morgan fingerprint density at radius 3 is 2.90 bits per heavy atom. The zero-order chi connectivity index (χ0) is 14.5. The fourth-order valence-electron chi connectivity index (χ4n) is 2.02. The summed E-state index contributed by atoms with van der Waals surface area (Å²) in [7, 11) is 0. The van der Waals surface area contributed by atoms with E-state index in [-0.39, 0.29) is 18.5 Å². The average molecular weight is 318 g/mol. The molecule has 0 aliphatic heterocycles. The van der Waals surface area contributed by atoms with E-state index in [1.165, 1.54) is 4.88 Å². The summed E-state index contributed by atoms with van der Waals surface area (Å²) in [4.78, 5) is 17.7. The number of nitrogens with one attached hydrogen (secondary N) is 1. The number of hydrogen-bond donors (Lipinski definition) is 1. The molecule has 0 fully saturated rings. The Labute approximate surface area is 130 Å². The van der Waals surface area contributed by atoms with Gasteiger partial charge in [-0.15, -0.1) is 22.7 Å². The van der Waals surface area contributed by atoms with Gasteiger partial charge in [-0.2, -0.15) is 5.10 Å². The minimum Gasteiger partial charge on any atom is -0.345 e. The maximum Gasteiger partial charge on any atom is 0.242 e. The number of thiophene rings is 1. The van der Waals surface area contributed by atoms with Gasteiger partial charge >= 0.3 is 0 Å². The molecule has 0 aromatic carbocycles. The van der Waals surface area contributed by atoms with E-state index >= 15 is 0 Å². The molecule has 0 spiro atoms. The van der Waals surface area contributed by atoms with Crippen LogP contribution < -0.4 is 5.32 Å². The summed E-state index contributed by atoms with van der Waals surface area (Å²) in [5.74, 6) is -0.0598. The van der Waals surface area contributed by atoms with Crippen molar-refractivity contribution in [2.45, 2.75) is 19.0 Å². The molecule has 0 aliphatic rings. The first-order valence-electron chi connectivity index (χ1n) is 6.50. The summed E-state index contributed by atoms with van der Waals surface area (Å²) in [6, 6.07) is 5.80. The molecule has 3 aromatic heterocycles. The summed E-state index contributed by atoms with van der Waals surface area (Å²) in [6.45, 7) is 0.222. The molecule has 0 aliphatic carbocycles. The Morgan fingerprint density at radius 1 is 1.29 bits per heavy atom. The number of thiazole rings is 1. The Morgan fingerprint density at radius 2 is 2.24 bits per heavy atom. The molecule has 5 nitrogen and oxygen atoms in total. The Bertz CT molecular complexity index is 662. The van der Waals surface area contributed by atoms with Crippen molar-refractivity contribution in [1.29, 1.82) is 0 Å². The van der Waals surface area contributed by atoms with Gasteiger partial charge in [-0.25, -0.2) is 4.98 Å². The number of hydrogen-bond acceptors (Lipinski definition) is 5. The van der Waals surface area contributed by atoms with Crippen LogP contribution in [0.5, 0.6) is 0 Å². The molecule has 21 heavy (non-hydrogen) atoms. The van der Waals surface area contributed by atoms with Crippen LogP contribution in [0.1, 0.15) is 15.9 Å². The number of amides is 1. The van der Waals surface area contributed by atoms with Gasteiger partial charge in [-0.1, -0.05) is 6.07 Å². The van der Waals surface area contributed by atoms with Crippen molar-refractivity contribution < 1.29 is 4.79 Å². The Kier molecular flexibility index (Phi) is 4.42. The molecular weight excluding hydrogens is 304 g/mol. The lowest BCUT2D eigenvalue weighted by Crippen LogP contribution is -2.32. The van der Waals surface area contributed by atoms with Crippen molar-refractivity contribution >= 4 is 28.6 Å². The molecule has 0 radical (unpaired) electrons. The summed E-state index contributed by atoms with van der Waals surface area (Å²) in [6.07, 6.45) is 5.96. The lowest BCUT2D eigenvalue weighted by Gasteiger charge is -2.16. The maximum absolute atomic E-state index is 12.2. The van der Waals surface area contributed by atoms with Crippen molar-refractivity contribution in [2.24, 2.45) is 0 Å². The highest BCUT2D eigenvalue weighted by atomic mass is 32.1. The van der Waals surface area contributed by atoms with Gasteiger partial charge < -0.3 is 5.32 Å². The molecule has 3 heterocycles. The third-order valence-corrected chi connectivity index (χ3v) is 4.72. The Hall–Kier alpha value is -1.99. The maximum atomic E-state index is 12.2. The highest BCUT2D eigenvalue weighted by Crippen LogP contribution is 2.22. The minimum absolute atomic E-state index is 0.0598. The van der Waals surface area contributed by atoms with Crippen molar-refractivity contribution in [2.75, 3.05) is 0 Å². The third-order valence-electron chi connectivity index (χ3n) is 2.93. The second-order valence-electron chi connectivity index (χ2n) is 4.48. The first-order chi connectivity index (χ1) is 10.3. The molecule has 108 valence electrons. The number of carbonyl (C=O) groups is 1. The van der Waals surface area contributed by atoms with Gasteiger partial charge in [0.05, 0.1) is 6.04 Å². The largest absolute Gasteiger partial charge is 0.345 e. The predicted molar refractivity (Wildman–Crippen MR) is 83.2 cm³/mol. The van der Waals surface area contributed by atoms with E-state index in [2.05, 4.69) is 21.5 Å². The van der Waals surface area contributed by atoms with Crippen LogP contribution in [0.15, 0.2) is 47.5 Å². The highest BCUT2D eigenvalue weighted by molar-refractivity contribution is 7.10. The van der Waals surface area contributed by atoms with E-state index in [4.69, 9.17) is 0 Å². The molecule has 1 N–H and O–H groups in total. The van der Waals surface area contributed by atoms with Gasteiger partial charge in [0.25, 0.3) is 0 Å². The van der Waals surface area contributed by atoms with Gasteiger partial charge in [-0.3, -0.25) is 9.48 Å². The standard InChI is InChI=1S/C14H14N4OS2/c19-13(10-18-6-2-4-16-18)17-12(14-15-5-8-21-14)9-11-3-1-7-20-11/h1-8,12H,9-10H2,(H,17,19)/t12-/m0/s1. The fourth-order valence-corrected chi connectivity index (χ4v) is 3.46. The second-order valence-corrected chi connectivity index (χ2v) is 6.44. The van der Waals surface area contributed by atoms with Crippen molar-refractivity contribution in [3.05, 3.63) is 57.4 Å². The highest BCUT2D eigenvalue weighted by Gasteiger charge is 2.18. The summed E-state index contributed by atoms with van der Waals surface area (Å²) >= 11 is 3.25. The second kappa shape index (κ2) is 6.64. The number of aromatic nitrogens is 3. The van der Waals surface area contributed by atoms with Crippen LogP contribution in [0.4, 0.5) is 0 Å². The van der Waals surface area contributed by atoms with Crippen LogP contribution in [-0.4, -0.2) is 20.7 Å². The zero-order valence-electron chi connectivity index (χ0n) is 11.2. The smallest absolute Gasteiger partial charge is 0.242 e. The SMILES string of the molecule is O=C(Cn1cccn1)N[C@@H](Cc1cccs1)c1nccs1. The molecular formula is C14H14N4OS2. The molecule has 0 saturated carbocycles. The molecule has 0 bridgehead atoms. The molecule has 0 saturated heterocycles. The number of carbonyl (C=O) groups excluding carboxylic acids is 1. The molecule has 3 rings (SSSR count). The van der Waals surface area contributed by atoms with E-state index in [1.54, 1.807) is 52.0 Å². The average Bonchev–Trinajstić information content (AvgIpc) is 3.22. The molecule has 1 amide bonds. The number of rotatable bonds is 6. The summed E-state index contributed by atoms with van der Waals surface area (Å²) < 4.78 is 1.61. The van der Waals surface area contributed by atoms with Crippen molar-refractivity contribution in [1.82, 2.24) is 20.1 Å². The van der Waals surface area contributed by atoms with Gasteiger partial charge in [0.15, 0.2) is 0 Å². The first-order valence-corrected chi connectivity index (χ1v) is 8.26. The van der Waals surface area contributed by atoms with E-state index in [1.807, 2.05) is 16.8 Å². The molecule has 7 heteroatoms. The number of nitrogens with zero attached hydrogens (tertiary/aromatic N) is 3. The quantitative estimate of drug-likeness (QED) is 0.759. The van der Waals surface area contributed by atoms with Gasteiger partial charge in [0, 0.05) is 35.3 Å². The van der Waals surface area contributed by atoms with E-state index in [0.717, 1.165) is 11.4 Å². The van der Waals surface area contributed by atoms with Crippen LogP contribution in [0.2, 0.25) is 0 Å². The Balaban J connectivity index is 1.68.